The van der Waals surface area contributed by atoms with Gasteiger partial charge in [-0.25, -0.2) is 15.0 Å². The molecule has 268 valence electrons. The van der Waals surface area contributed by atoms with Crippen LogP contribution in [0, 0.1) is 6.92 Å². The van der Waals surface area contributed by atoms with Crippen LogP contribution < -0.4 is 0 Å². The van der Waals surface area contributed by atoms with Gasteiger partial charge in [-0.1, -0.05) is 176 Å². The topological polar surface area (TPSA) is 51.6 Å². The van der Waals surface area contributed by atoms with E-state index in [9.17, 15) is 0 Å². The first-order chi connectivity index (χ1) is 28.1. The van der Waals surface area contributed by atoms with Gasteiger partial charge in [0.1, 0.15) is 0 Å². The highest BCUT2D eigenvalue weighted by molar-refractivity contribution is 6.08. The SMILES string of the molecule is Cc1cc(-c2ccccc2)c2ccc3ccc(-c4cccc(-c5ccc(-c6cc(-c7ccccc7)nc(-c7ccc(-c8ccccc8)cc7)n6)cc5)c4)nc3c2n1. The van der Waals surface area contributed by atoms with E-state index in [0.717, 1.165) is 83.5 Å². The molecule has 0 saturated carbocycles. The van der Waals surface area contributed by atoms with Gasteiger partial charge in [0.15, 0.2) is 5.82 Å². The number of benzene rings is 7. The molecule has 0 fully saturated rings. The van der Waals surface area contributed by atoms with E-state index in [1.807, 2.05) is 30.3 Å². The van der Waals surface area contributed by atoms with Crippen LogP contribution in [-0.4, -0.2) is 19.9 Å². The van der Waals surface area contributed by atoms with Crippen molar-refractivity contribution in [3.63, 3.8) is 0 Å². The van der Waals surface area contributed by atoms with Gasteiger partial charge in [0.2, 0.25) is 0 Å². The Morgan fingerprint density at radius 1 is 0.298 bits per heavy atom. The quantitative estimate of drug-likeness (QED) is 0.153. The number of hydrogen-bond donors (Lipinski definition) is 0. The Kier molecular flexibility index (Phi) is 8.69. The molecule has 57 heavy (non-hydrogen) atoms. The molecular formula is C53H36N4. The summed E-state index contributed by atoms with van der Waals surface area (Å²) >= 11 is 0. The number of pyridine rings is 2. The van der Waals surface area contributed by atoms with Gasteiger partial charge in [0.25, 0.3) is 0 Å². The van der Waals surface area contributed by atoms with E-state index in [1.54, 1.807) is 0 Å². The highest BCUT2D eigenvalue weighted by atomic mass is 14.9. The molecule has 4 heteroatoms. The summed E-state index contributed by atoms with van der Waals surface area (Å²) in [6.45, 7) is 2.06. The molecule has 0 amide bonds. The first-order valence-electron chi connectivity index (χ1n) is 19.2. The van der Waals surface area contributed by atoms with E-state index >= 15 is 0 Å². The van der Waals surface area contributed by atoms with E-state index < -0.39 is 0 Å². The van der Waals surface area contributed by atoms with Crippen LogP contribution in [0.25, 0.3) is 100 Å². The molecule has 0 radical (unpaired) electrons. The third-order valence-corrected chi connectivity index (χ3v) is 10.6. The molecule has 3 heterocycles. The summed E-state index contributed by atoms with van der Waals surface area (Å²) in [7, 11) is 0. The standard InChI is InChI=1S/C53H36N4/c1-35-32-47(39-14-7-3-8-15-39)46-30-28-42-29-31-48(55-51(42)52(46)54-35)45-19-11-18-44(33-45)38-20-24-41(25-21-38)50-34-49(40-16-9-4-10-17-40)56-53(57-50)43-26-22-37(23-27-43)36-12-5-2-6-13-36/h2-34H,1H3. The second-order valence-electron chi connectivity index (χ2n) is 14.3. The van der Waals surface area contributed by atoms with E-state index in [1.165, 1.54) is 16.7 Å². The van der Waals surface area contributed by atoms with Gasteiger partial charge >= 0.3 is 0 Å². The Bertz CT molecular complexity index is 3030. The molecule has 0 N–H and O–H groups in total. The van der Waals surface area contributed by atoms with Crippen LogP contribution in [0.5, 0.6) is 0 Å². The van der Waals surface area contributed by atoms with Crippen LogP contribution in [0.1, 0.15) is 5.69 Å². The number of nitrogens with zero attached hydrogens (tertiary/aromatic N) is 4. The second-order valence-corrected chi connectivity index (χ2v) is 14.3. The molecule has 7 aromatic carbocycles. The second kappa shape index (κ2) is 14.6. The predicted octanol–water partition coefficient (Wildman–Crippen LogP) is 13.6. The molecule has 3 aromatic heterocycles. The maximum atomic E-state index is 5.25. The minimum atomic E-state index is 0.694. The molecule has 0 aliphatic rings. The highest BCUT2D eigenvalue weighted by Gasteiger charge is 2.14. The number of aromatic nitrogens is 4. The van der Waals surface area contributed by atoms with Crippen LogP contribution in [0.3, 0.4) is 0 Å². The molecule has 0 spiro atoms. The fourth-order valence-corrected chi connectivity index (χ4v) is 7.63. The summed E-state index contributed by atoms with van der Waals surface area (Å²) in [5, 5.41) is 2.17. The van der Waals surface area contributed by atoms with E-state index in [2.05, 4.69) is 177 Å². The fraction of sp³-hybridized carbons (Fsp3) is 0.0189. The maximum absolute atomic E-state index is 5.25. The van der Waals surface area contributed by atoms with Crippen LogP contribution in [0.4, 0.5) is 0 Å². The molecule has 0 atom stereocenters. The fourth-order valence-electron chi connectivity index (χ4n) is 7.63. The van der Waals surface area contributed by atoms with Crippen molar-refractivity contribution < 1.29 is 0 Å². The Labute approximate surface area is 331 Å². The molecule has 0 saturated heterocycles. The van der Waals surface area contributed by atoms with Gasteiger partial charge in [-0.15, -0.1) is 0 Å². The van der Waals surface area contributed by atoms with Gasteiger partial charge in [-0.2, -0.15) is 0 Å². The first kappa shape index (κ1) is 34.0. The summed E-state index contributed by atoms with van der Waals surface area (Å²) in [4.78, 5) is 20.4. The zero-order chi connectivity index (χ0) is 38.1. The summed E-state index contributed by atoms with van der Waals surface area (Å²) in [6, 6.07) is 69.8. The summed E-state index contributed by atoms with van der Waals surface area (Å²) in [5.41, 5.74) is 16.5. The zero-order valence-corrected chi connectivity index (χ0v) is 31.3. The smallest absolute Gasteiger partial charge is 0.160 e. The molecule has 0 aliphatic heterocycles. The third kappa shape index (κ3) is 6.75. The zero-order valence-electron chi connectivity index (χ0n) is 31.3. The van der Waals surface area contributed by atoms with Crippen molar-refractivity contribution in [2.45, 2.75) is 6.92 Å². The summed E-state index contributed by atoms with van der Waals surface area (Å²) in [6.07, 6.45) is 0. The van der Waals surface area contributed by atoms with Crippen molar-refractivity contribution in [3.05, 3.63) is 206 Å². The normalized spacial score (nSPS) is 11.2. The van der Waals surface area contributed by atoms with Crippen molar-refractivity contribution in [2.24, 2.45) is 0 Å². The molecular weight excluding hydrogens is 693 g/mol. The van der Waals surface area contributed by atoms with E-state index in [-0.39, 0.29) is 0 Å². The minimum Gasteiger partial charge on any atom is -0.251 e. The maximum Gasteiger partial charge on any atom is 0.160 e. The lowest BCUT2D eigenvalue weighted by Gasteiger charge is -2.12. The Hall–Kier alpha value is -7.56. The lowest BCUT2D eigenvalue weighted by Crippen LogP contribution is -1.96. The largest absolute Gasteiger partial charge is 0.251 e. The van der Waals surface area contributed by atoms with Crippen molar-refractivity contribution >= 4 is 21.8 Å². The molecule has 0 unspecified atom stereocenters. The average Bonchev–Trinajstić information content (AvgIpc) is 3.29. The summed E-state index contributed by atoms with van der Waals surface area (Å²) in [5.74, 6) is 0.694. The predicted molar refractivity (Wildman–Crippen MR) is 235 cm³/mol. The van der Waals surface area contributed by atoms with Crippen molar-refractivity contribution in [2.75, 3.05) is 0 Å². The minimum absolute atomic E-state index is 0.694. The van der Waals surface area contributed by atoms with Gasteiger partial charge in [0.05, 0.1) is 28.1 Å². The van der Waals surface area contributed by atoms with Crippen molar-refractivity contribution in [1.29, 1.82) is 0 Å². The average molecular weight is 729 g/mol. The highest BCUT2D eigenvalue weighted by Crippen LogP contribution is 2.35. The molecule has 4 nitrogen and oxygen atoms in total. The lowest BCUT2D eigenvalue weighted by molar-refractivity contribution is 1.18. The third-order valence-electron chi connectivity index (χ3n) is 10.6. The van der Waals surface area contributed by atoms with E-state index in [0.29, 0.717) is 5.82 Å². The number of aryl methyl sites for hydroxylation is 1. The molecule has 10 aromatic rings. The van der Waals surface area contributed by atoms with E-state index in [4.69, 9.17) is 19.9 Å². The van der Waals surface area contributed by atoms with Crippen LogP contribution in [-0.2, 0) is 0 Å². The number of hydrogen-bond acceptors (Lipinski definition) is 4. The van der Waals surface area contributed by atoms with Gasteiger partial charge in [0, 0.05) is 38.7 Å². The Morgan fingerprint density at radius 3 is 1.49 bits per heavy atom. The number of rotatable bonds is 7. The van der Waals surface area contributed by atoms with Crippen LogP contribution in [0.15, 0.2) is 200 Å². The summed E-state index contributed by atoms with van der Waals surface area (Å²) < 4.78 is 0. The Morgan fingerprint density at radius 2 is 0.807 bits per heavy atom. The van der Waals surface area contributed by atoms with Crippen LogP contribution in [0.2, 0.25) is 0 Å². The monoisotopic (exact) mass is 728 g/mol. The molecule has 10 rings (SSSR count). The lowest BCUT2D eigenvalue weighted by atomic mass is 9.97. The molecule has 0 bridgehead atoms. The number of fused-ring (bicyclic) bond motifs is 3. The van der Waals surface area contributed by atoms with Gasteiger partial charge in [-0.05, 0) is 64.6 Å². The first-order valence-corrected chi connectivity index (χ1v) is 19.2. The van der Waals surface area contributed by atoms with Crippen molar-refractivity contribution in [1.82, 2.24) is 19.9 Å². The Balaban J connectivity index is 0.987. The van der Waals surface area contributed by atoms with Crippen molar-refractivity contribution in [3.8, 4) is 78.5 Å². The molecule has 0 aliphatic carbocycles. The van der Waals surface area contributed by atoms with Gasteiger partial charge in [-0.3, -0.25) is 4.98 Å². The van der Waals surface area contributed by atoms with Crippen LogP contribution >= 0.6 is 0 Å². The van der Waals surface area contributed by atoms with Gasteiger partial charge < -0.3 is 0 Å².